The van der Waals surface area contributed by atoms with Gasteiger partial charge < -0.3 is 4.74 Å². The second-order valence-corrected chi connectivity index (χ2v) is 7.98. The van der Waals surface area contributed by atoms with Crippen molar-refractivity contribution in [1.82, 2.24) is 5.01 Å². The van der Waals surface area contributed by atoms with Gasteiger partial charge in [0.05, 0.1) is 21.7 Å². The van der Waals surface area contributed by atoms with Crippen LogP contribution in [-0.2, 0) is 0 Å². The Labute approximate surface area is 182 Å². The van der Waals surface area contributed by atoms with Crippen molar-refractivity contribution < 1.29 is 9.66 Å². The van der Waals surface area contributed by atoms with Crippen molar-refractivity contribution in [3.05, 3.63) is 104 Å². The molecule has 0 fully saturated rings. The van der Waals surface area contributed by atoms with Crippen molar-refractivity contribution in [2.45, 2.75) is 18.7 Å². The summed E-state index contributed by atoms with van der Waals surface area (Å²) in [6, 6.07) is 19.6. The zero-order valence-electron chi connectivity index (χ0n) is 15.5. The van der Waals surface area contributed by atoms with Gasteiger partial charge in [0, 0.05) is 34.7 Å². The molecule has 5 rings (SSSR count). The number of benzene rings is 3. The highest BCUT2D eigenvalue weighted by Crippen LogP contribution is 2.50. The molecule has 0 aromatic heterocycles. The van der Waals surface area contributed by atoms with Gasteiger partial charge in [-0.15, -0.1) is 0 Å². The number of fused-ring (bicyclic) bond motifs is 3. The van der Waals surface area contributed by atoms with Crippen LogP contribution in [-0.4, -0.2) is 15.6 Å². The lowest BCUT2D eigenvalue weighted by atomic mass is 9.96. The van der Waals surface area contributed by atoms with Crippen LogP contribution in [0, 0.1) is 10.1 Å². The van der Waals surface area contributed by atoms with Crippen molar-refractivity contribution in [2.24, 2.45) is 5.10 Å². The minimum atomic E-state index is -0.651. The number of nitrogens with zero attached hydrogens (tertiary/aromatic N) is 3. The minimum absolute atomic E-state index is 0.00731. The summed E-state index contributed by atoms with van der Waals surface area (Å²) in [6.07, 6.45) is -0.00932. The van der Waals surface area contributed by atoms with Gasteiger partial charge in [0.1, 0.15) is 5.75 Å². The highest BCUT2D eigenvalue weighted by atomic mass is 35.5. The minimum Gasteiger partial charge on any atom is -0.463 e. The lowest BCUT2D eigenvalue weighted by Gasteiger charge is -2.38. The summed E-state index contributed by atoms with van der Waals surface area (Å²) in [6.45, 7) is 0. The van der Waals surface area contributed by atoms with Crippen LogP contribution in [0.1, 0.15) is 35.4 Å². The van der Waals surface area contributed by atoms with Crippen LogP contribution in [0.25, 0.3) is 0 Å². The molecule has 2 aliphatic rings. The number of hydrogen-bond acceptors (Lipinski definition) is 5. The fourth-order valence-electron chi connectivity index (χ4n) is 3.93. The highest BCUT2D eigenvalue weighted by Gasteiger charge is 2.42. The molecule has 30 heavy (non-hydrogen) atoms. The smallest absolute Gasteiger partial charge is 0.269 e. The van der Waals surface area contributed by atoms with E-state index in [1.165, 1.54) is 12.1 Å². The number of nitro groups is 1. The molecule has 2 aliphatic heterocycles. The SMILES string of the molecule is O=[N+]([O-])c1cccc([C@@H]2Oc3c(Cl)cc(Cl)cc3[C@@H]3CC(c4ccccc4)=NN32)c1. The molecule has 6 nitrogen and oxygen atoms in total. The van der Waals surface area contributed by atoms with Crippen LogP contribution < -0.4 is 4.74 Å². The molecule has 0 N–H and O–H groups in total. The topological polar surface area (TPSA) is 68.0 Å². The second kappa shape index (κ2) is 7.31. The molecule has 0 amide bonds. The number of hydrazone groups is 1. The maximum Gasteiger partial charge on any atom is 0.269 e. The van der Waals surface area contributed by atoms with Gasteiger partial charge in [0.25, 0.3) is 5.69 Å². The number of hydrogen-bond donors (Lipinski definition) is 0. The Morgan fingerprint density at radius 2 is 1.87 bits per heavy atom. The molecular weight excluding hydrogens is 425 g/mol. The van der Waals surface area contributed by atoms with E-state index >= 15 is 0 Å². The number of ether oxygens (including phenoxy) is 1. The Bertz CT molecular complexity index is 1180. The first-order chi connectivity index (χ1) is 14.5. The molecule has 0 bridgehead atoms. The number of nitro benzene ring substituents is 1. The van der Waals surface area contributed by atoms with Gasteiger partial charge >= 0.3 is 0 Å². The molecule has 150 valence electrons. The van der Waals surface area contributed by atoms with Crippen LogP contribution in [0.3, 0.4) is 0 Å². The average Bonchev–Trinajstić information content (AvgIpc) is 3.20. The van der Waals surface area contributed by atoms with E-state index in [1.807, 2.05) is 41.4 Å². The van der Waals surface area contributed by atoms with Crippen molar-refractivity contribution in [1.29, 1.82) is 0 Å². The Morgan fingerprint density at radius 3 is 2.63 bits per heavy atom. The summed E-state index contributed by atoms with van der Waals surface area (Å²) in [4.78, 5) is 10.9. The number of halogens is 2. The molecule has 0 unspecified atom stereocenters. The zero-order valence-corrected chi connectivity index (χ0v) is 17.0. The Balaban J connectivity index is 1.64. The quantitative estimate of drug-likeness (QED) is 0.362. The Kier molecular flexibility index (Phi) is 4.60. The summed E-state index contributed by atoms with van der Waals surface area (Å²) in [7, 11) is 0. The monoisotopic (exact) mass is 439 g/mol. The third-order valence-electron chi connectivity index (χ3n) is 5.28. The van der Waals surface area contributed by atoms with Crippen LogP contribution in [0.2, 0.25) is 10.0 Å². The molecule has 2 heterocycles. The molecule has 2 atom stereocenters. The molecule has 0 saturated carbocycles. The van der Waals surface area contributed by atoms with Gasteiger partial charge in [-0.3, -0.25) is 10.1 Å². The third kappa shape index (κ3) is 3.18. The van der Waals surface area contributed by atoms with Crippen molar-refractivity contribution >= 4 is 34.6 Å². The maximum atomic E-state index is 11.3. The fraction of sp³-hybridized carbons (Fsp3) is 0.136. The van der Waals surface area contributed by atoms with E-state index in [-0.39, 0.29) is 11.7 Å². The summed E-state index contributed by atoms with van der Waals surface area (Å²) >= 11 is 12.7. The maximum absolute atomic E-state index is 11.3. The number of rotatable bonds is 3. The first-order valence-corrected chi connectivity index (χ1v) is 10.1. The Hall–Kier alpha value is -3.09. The average molecular weight is 440 g/mol. The largest absolute Gasteiger partial charge is 0.463 e. The lowest BCUT2D eigenvalue weighted by Crippen LogP contribution is -2.33. The Morgan fingerprint density at radius 1 is 1.07 bits per heavy atom. The van der Waals surface area contributed by atoms with Crippen LogP contribution >= 0.6 is 23.2 Å². The van der Waals surface area contributed by atoms with Crippen LogP contribution in [0.15, 0.2) is 71.8 Å². The first-order valence-electron chi connectivity index (χ1n) is 9.32. The molecule has 8 heteroatoms. The summed E-state index contributed by atoms with van der Waals surface area (Å²) < 4.78 is 6.24. The highest BCUT2D eigenvalue weighted by molar-refractivity contribution is 6.35. The van der Waals surface area contributed by atoms with E-state index in [9.17, 15) is 10.1 Å². The van der Waals surface area contributed by atoms with Crippen molar-refractivity contribution in [2.75, 3.05) is 0 Å². The molecular formula is C22H15Cl2N3O3. The summed E-state index contributed by atoms with van der Waals surface area (Å²) in [5.41, 5.74) is 3.39. The van der Waals surface area contributed by atoms with Gasteiger partial charge in [0.15, 0.2) is 0 Å². The van der Waals surface area contributed by atoms with Gasteiger partial charge in [-0.2, -0.15) is 5.10 Å². The standard InChI is InChI=1S/C22H15Cl2N3O3/c23-15-10-17-20-12-19(13-5-2-1-3-6-13)25-26(20)22(30-21(17)18(24)11-15)14-7-4-8-16(9-14)27(28)29/h1-11,20,22H,12H2/t20-,22-/m0/s1. The van der Waals surface area contributed by atoms with Gasteiger partial charge in [-0.1, -0.05) is 65.7 Å². The van der Waals surface area contributed by atoms with E-state index < -0.39 is 11.2 Å². The summed E-state index contributed by atoms with van der Waals surface area (Å²) in [5, 5.41) is 18.9. The zero-order chi connectivity index (χ0) is 20.8. The first kappa shape index (κ1) is 18.9. The molecule has 3 aromatic rings. The third-order valence-corrected chi connectivity index (χ3v) is 5.78. The normalized spacial score (nSPS) is 19.5. The second-order valence-electron chi connectivity index (χ2n) is 7.14. The van der Waals surface area contributed by atoms with Gasteiger partial charge in [-0.25, -0.2) is 5.01 Å². The number of non-ortho nitro benzene ring substituents is 1. The van der Waals surface area contributed by atoms with Crippen LogP contribution in [0.4, 0.5) is 5.69 Å². The van der Waals surface area contributed by atoms with Gasteiger partial charge in [0.2, 0.25) is 6.23 Å². The van der Waals surface area contributed by atoms with Crippen LogP contribution in [0.5, 0.6) is 5.75 Å². The molecule has 0 aliphatic carbocycles. The fourth-order valence-corrected chi connectivity index (χ4v) is 4.49. The van der Waals surface area contributed by atoms with E-state index in [0.717, 1.165) is 16.8 Å². The molecule has 3 aromatic carbocycles. The van der Waals surface area contributed by atoms with E-state index in [2.05, 4.69) is 0 Å². The molecule has 0 saturated heterocycles. The van der Waals surface area contributed by atoms with Crippen molar-refractivity contribution in [3.63, 3.8) is 0 Å². The van der Waals surface area contributed by atoms with E-state index in [0.29, 0.717) is 27.8 Å². The van der Waals surface area contributed by atoms with E-state index in [4.69, 9.17) is 33.0 Å². The lowest BCUT2D eigenvalue weighted by molar-refractivity contribution is -0.385. The summed E-state index contributed by atoms with van der Waals surface area (Å²) in [5.74, 6) is 0.531. The molecule has 0 radical (unpaired) electrons. The van der Waals surface area contributed by atoms with E-state index in [1.54, 1.807) is 18.2 Å². The predicted molar refractivity (Wildman–Crippen MR) is 115 cm³/mol. The predicted octanol–water partition coefficient (Wildman–Crippen LogP) is 6.14. The molecule has 0 spiro atoms. The van der Waals surface area contributed by atoms with Crippen molar-refractivity contribution in [3.8, 4) is 5.75 Å². The van der Waals surface area contributed by atoms with Gasteiger partial charge in [-0.05, 0) is 17.7 Å².